The molecule has 114 valence electrons. The van der Waals surface area contributed by atoms with E-state index in [1.54, 1.807) is 18.5 Å². The van der Waals surface area contributed by atoms with Crippen LogP contribution in [0.25, 0.3) is 11.2 Å². The van der Waals surface area contributed by atoms with E-state index in [1.807, 2.05) is 6.92 Å². The maximum atomic E-state index is 12.1. The Morgan fingerprint density at radius 2 is 1.91 bits per heavy atom. The van der Waals surface area contributed by atoms with Crippen LogP contribution >= 0.6 is 0 Å². The highest BCUT2D eigenvalue weighted by atomic mass is 19.3. The summed E-state index contributed by atoms with van der Waals surface area (Å²) in [7, 11) is 0. The number of alkyl halides is 2. The first-order valence-corrected chi connectivity index (χ1v) is 6.59. The van der Waals surface area contributed by atoms with Gasteiger partial charge < -0.3 is 15.0 Å². The minimum atomic E-state index is -2.82. The Hall–Kier alpha value is -2.77. The summed E-state index contributed by atoms with van der Waals surface area (Å²) >= 11 is 0. The second kappa shape index (κ2) is 5.92. The molecule has 0 spiro atoms. The van der Waals surface area contributed by atoms with Gasteiger partial charge >= 0.3 is 6.61 Å². The van der Waals surface area contributed by atoms with E-state index in [9.17, 15) is 8.78 Å². The van der Waals surface area contributed by atoms with Gasteiger partial charge in [-0.2, -0.15) is 8.78 Å². The van der Waals surface area contributed by atoms with Crippen molar-refractivity contribution < 1.29 is 13.5 Å². The number of ether oxygens (including phenoxy) is 1. The van der Waals surface area contributed by atoms with Crippen LogP contribution in [-0.4, -0.2) is 26.5 Å². The average molecular weight is 305 g/mol. The molecule has 0 saturated heterocycles. The molecule has 8 heteroatoms. The minimum Gasteiger partial charge on any atom is -0.435 e. The van der Waals surface area contributed by atoms with Crippen molar-refractivity contribution in [1.29, 1.82) is 0 Å². The second-order valence-corrected chi connectivity index (χ2v) is 4.64. The lowest BCUT2D eigenvalue weighted by Gasteiger charge is -2.15. The zero-order chi connectivity index (χ0) is 15.5. The quantitative estimate of drug-likeness (QED) is 0.757. The summed E-state index contributed by atoms with van der Waals surface area (Å²) in [5, 5.41) is 3.24. The van der Waals surface area contributed by atoms with E-state index in [2.05, 4.69) is 30.0 Å². The molecule has 0 saturated carbocycles. The van der Waals surface area contributed by atoms with E-state index in [1.165, 1.54) is 18.5 Å². The highest BCUT2D eigenvalue weighted by Gasteiger charge is 2.11. The normalized spacial score (nSPS) is 12.5. The van der Waals surface area contributed by atoms with Crippen LogP contribution < -0.4 is 10.1 Å². The molecule has 1 aromatic carbocycles. The molecule has 0 aliphatic rings. The van der Waals surface area contributed by atoms with Crippen LogP contribution in [0.1, 0.15) is 18.5 Å². The molecule has 0 bridgehead atoms. The van der Waals surface area contributed by atoms with Crippen molar-refractivity contribution in [3.8, 4) is 5.75 Å². The van der Waals surface area contributed by atoms with Crippen molar-refractivity contribution in [2.24, 2.45) is 0 Å². The van der Waals surface area contributed by atoms with Crippen molar-refractivity contribution in [2.75, 3.05) is 5.32 Å². The lowest BCUT2D eigenvalue weighted by atomic mass is 10.1. The number of halogens is 2. The molecule has 6 nitrogen and oxygen atoms in total. The topological polar surface area (TPSA) is 75.7 Å². The predicted octanol–water partition coefficient (Wildman–Crippen LogP) is 3.13. The number of nitrogens with zero attached hydrogens (tertiary/aromatic N) is 3. The molecule has 2 heterocycles. The van der Waals surface area contributed by atoms with Gasteiger partial charge in [-0.05, 0) is 24.6 Å². The van der Waals surface area contributed by atoms with Crippen LogP contribution in [0.5, 0.6) is 5.75 Å². The lowest BCUT2D eigenvalue weighted by molar-refractivity contribution is -0.0498. The van der Waals surface area contributed by atoms with Gasteiger partial charge in [-0.25, -0.2) is 15.0 Å². The van der Waals surface area contributed by atoms with Crippen LogP contribution in [0.3, 0.4) is 0 Å². The van der Waals surface area contributed by atoms with Crippen LogP contribution in [0.2, 0.25) is 0 Å². The Morgan fingerprint density at radius 3 is 2.64 bits per heavy atom. The van der Waals surface area contributed by atoms with E-state index in [4.69, 9.17) is 0 Å². The summed E-state index contributed by atoms with van der Waals surface area (Å²) in [6.45, 7) is -0.885. The van der Waals surface area contributed by atoms with E-state index in [0.29, 0.717) is 17.0 Å². The Kier molecular flexibility index (Phi) is 3.82. The number of aromatic amines is 1. The smallest absolute Gasteiger partial charge is 0.387 e. The number of anilines is 1. The van der Waals surface area contributed by atoms with Gasteiger partial charge in [0.1, 0.15) is 17.6 Å². The minimum absolute atomic E-state index is 0.0815. The van der Waals surface area contributed by atoms with E-state index < -0.39 is 6.61 Å². The number of aromatic nitrogens is 4. The zero-order valence-electron chi connectivity index (χ0n) is 11.6. The fraction of sp³-hybridized carbons (Fsp3) is 0.214. The molecule has 0 unspecified atom stereocenters. The van der Waals surface area contributed by atoms with E-state index in [0.717, 1.165) is 5.56 Å². The largest absolute Gasteiger partial charge is 0.435 e. The van der Waals surface area contributed by atoms with Gasteiger partial charge in [0.2, 0.25) is 0 Å². The van der Waals surface area contributed by atoms with E-state index in [-0.39, 0.29) is 11.8 Å². The maximum absolute atomic E-state index is 12.1. The van der Waals surface area contributed by atoms with Gasteiger partial charge in [-0.15, -0.1) is 0 Å². The molecule has 2 aromatic heterocycles. The molecule has 2 N–H and O–H groups in total. The summed E-state index contributed by atoms with van der Waals surface area (Å²) in [6.07, 6.45) is 2.98. The van der Waals surface area contributed by atoms with Crippen molar-refractivity contribution in [3.05, 3.63) is 42.5 Å². The van der Waals surface area contributed by atoms with Gasteiger partial charge in [-0.3, -0.25) is 0 Å². The fourth-order valence-corrected chi connectivity index (χ4v) is 2.10. The predicted molar refractivity (Wildman–Crippen MR) is 76.8 cm³/mol. The SMILES string of the molecule is C[C@@H](Nc1ncnc2nc[nH]c12)c1ccc(OC(F)F)cc1. The maximum Gasteiger partial charge on any atom is 0.387 e. The third kappa shape index (κ3) is 2.95. The molecule has 3 aromatic rings. The van der Waals surface area contributed by atoms with Crippen LogP contribution in [-0.2, 0) is 0 Å². The summed E-state index contributed by atoms with van der Waals surface area (Å²) in [4.78, 5) is 15.3. The number of H-pyrrole nitrogens is 1. The lowest BCUT2D eigenvalue weighted by Crippen LogP contribution is -2.09. The molecule has 3 rings (SSSR count). The number of rotatable bonds is 5. The monoisotopic (exact) mass is 305 g/mol. The highest BCUT2D eigenvalue weighted by molar-refractivity contribution is 5.82. The van der Waals surface area contributed by atoms with Crippen LogP contribution in [0.15, 0.2) is 36.9 Å². The standard InChI is InChI=1S/C14H13F2N5O/c1-8(9-2-4-10(5-3-9)22-14(15)16)21-13-11-12(18-6-17-11)19-7-20-13/h2-8,14H,1H3,(H2,17,18,19,20,21)/t8-/m1/s1. The Balaban J connectivity index is 1.76. The number of nitrogens with one attached hydrogen (secondary N) is 2. The second-order valence-electron chi connectivity index (χ2n) is 4.64. The van der Waals surface area contributed by atoms with Gasteiger partial charge in [0.05, 0.1) is 12.4 Å². The third-order valence-corrected chi connectivity index (χ3v) is 3.18. The average Bonchev–Trinajstić information content (AvgIpc) is 2.97. The number of fused-ring (bicyclic) bond motifs is 1. The fourth-order valence-electron chi connectivity index (χ4n) is 2.10. The van der Waals surface area contributed by atoms with Gasteiger partial charge in [0.15, 0.2) is 11.5 Å². The van der Waals surface area contributed by atoms with Crippen molar-refractivity contribution >= 4 is 17.0 Å². The van der Waals surface area contributed by atoms with Crippen molar-refractivity contribution in [1.82, 2.24) is 19.9 Å². The van der Waals surface area contributed by atoms with Crippen LogP contribution in [0, 0.1) is 0 Å². The first kappa shape index (κ1) is 14.2. The Morgan fingerprint density at radius 1 is 1.14 bits per heavy atom. The zero-order valence-corrected chi connectivity index (χ0v) is 11.6. The Bertz CT molecular complexity index is 759. The number of hydrogen-bond donors (Lipinski definition) is 2. The van der Waals surface area contributed by atoms with Gasteiger partial charge in [0.25, 0.3) is 0 Å². The van der Waals surface area contributed by atoms with Gasteiger partial charge in [0, 0.05) is 0 Å². The molecule has 0 radical (unpaired) electrons. The number of imidazole rings is 1. The Labute approximate surface area is 124 Å². The molecule has 1 atom stereocenters. The third-order valence-electron chi connectivity index (χ3n) is 3.18. The summed E-state index contributed by atoms with van der Waals surface area (Å²) in [5.41, 5.74) is 2.20. The molecular formula is C14H13F2N5O. The number of benzene rings is 1. The molecule has 0 fully saturated rings. The van der Waals surface area contributed by atoms with Crippen LogP contribution in [0.4, 0.5) is 14.6 Å². The first-order chi connectivity index (χ1) is 10.6. The molecule has 0 aliphatic carbocycles. The van der Waals surface area contributed by atoms with Crippen molar-refractivity contribution in [3.63, 3.8) is 0 Å². The summed E-state index contributed by atoms with van der Waals surface area (Å²) < 4.78 is 28.6. The first-order valence-electron chi connectivity index (χ1n) is 6.59. The number of hydrogen-bond acceptors (Lipinski definition) is 5. The molecule has 22 heavy (non-hydrogen) atoms. The molecule has 0 aliphatic heterocycles. The molecular weight excluding hydrogens is 292 g/mol. The molecule has 0 amide bonds. The van der Waals surface area contributed by atoms with Gasteiger partial charge in [-0.1, -0.05) is 12.1 Å². The van der Waals surface area contributed by atoms with E-state index >= 15 is 0 Å². The highest BCUT2D eigenvalue weighted by Crippen LogP contribution is 2.24. The summed E-state index contributed by atoms with van der Waals surface area (Å²) in [6, 6.07) is 6.38. The summed E-state index contributed by atoms with van der Waals surface area (Å²) in [5.74, 6) is 0.756. The van der Waals surface area contributed by atoms with Crippen molar-refractivity contribution in [2.45, 2.75) is 19.6 Å².